The number of rotatable bonds is 2. The van der Waals surface area contributed by atoms with Gasteiger partial charge in [0.1, 0.15) is 0 Å². The molecular formula is C12H15NOS2. The van der Waals surface area contributed by atoms with E-state index in [1.807, 2.05) is 17.8 Å². The molecule has 0 aliphatic carbocycles. The summed E-state index contributed by atoms with van der Waals surface area (Å²) in [7, 11) is 1.80. The van der Waals surface area contributed by atoms with Crippen molar-refractivity contribution in [1.29, 1.82) is 0 Å². The van der Waals surface area contributed by atoms with Gasteiger partial charge in [0.05, 0.1) is 5.75 Å². The van der Waals surface area contributed by atoms with Gasteiger partial charge in [-0.3, -0.25) is 4.79 Å². The molecule has 0 N–H and O–H groups in total. The molecule has 86 valence electrons. The molecule has 0 radical (unpaired) electrons. The Labute approximate surface area is 106 Å². The van der Waals surface area contributed by atoms with Gasteiger partial charge in [0.15, 0.2) is 0 Å². The molecule has 1 aromatic carbocycles. The van der Waals surface area contributed by atoms with Gasteiger partial charge >= 0.3 is 0 Å². The summed E-state index contributed by atoms with van der Waals surface area (Å²) in [5.41, 5.74) is 2.34. The van der Waals surface area contributed by atoms with Crippen LogP contribution in [0.25, 0.3) is 0 Å². The molecule has 1 aliphatic rings. The lowest BCUT2D eigenvalue weighted by Gasteiger charge is -2.20. The average Bonchev–Trinajstić information content (AvgIpc) is 2.36. The summed E-state index contributed by atoms with van der Waals surface area (Å²) in [6.45, 7) is 0. The summed E-state index contributed by atoms with van der Waals surface area (Å²) in [5.74, 6) is 1.49. The van der Waals surface area contributed by atoms with E-state index in [-0.39, 0.29) is 11.7 Å². The van der Waals surface area contributed by atoms with Crippen molar-refractivity contribution in [2.24, 2.45) is 0 Å². The summed E-state index contributed by atoms with van der Waals surface area (Å²) in [6.07, 6.45) is 2.35. The van der Waals surface area contributed by atoms with E-state index in [0.717, 1.165) is 12.1 Å². The van der Waals surface area contributed by atoms with Crippen molar-refractivity contribution < 1.29 is 4.79 Å². The maximum Gasteiger partial charge on any atom is 0.236 e. The third kappa shape index (κ3) is 2.38. The van der Waals surface area contributed by atoms with Gasteiger partial charge in [0, 0.05) is 17.6 Å². The van der Waals surface area contributed by atoms with E-state index in [2.05, 4.69) is 24.8 Å². The largest absolute Gasteiger partial charge is 0.315 e. The number of nitrogens with zero attached hydrogens (tertiary/aromatic N) is 1. The second-order valence-corrected chi connectivity index (χ2v) is 5.31. The van der Waals surface area contributed by atoms with Crippen LogP contribution in [-0.2, 0) is 11.2 Å². The number of benzene rings is 1. The zero-order valence-electron chi connectivity index (χ0n) is 9.27. The van der Waals surface area contributed by atoms with Crippen molar-refractivity contribution in [1.82, 2.24) is 0 Å². The van der Waals surface area contributed by atoms with Crippen LogP contribution < -0.4 is 4.90 Å². The predicted octanol–water partition coefficient (Wildman–Crippen LogP) is 2.62. The lowest BCUT2D eigenvalue weighted by Crippen LogP contribution is -2.27. The lowest BCUT2D eigenvalue weighted by molar-refractivity contribution is -0.115. The fourth-order valence-electron chi connectivity index (χ4n) is 1.81. The molecule has 1 aliphatic heterocycles. The summed E-state index contributed by atoms with van der Waals surface area (Å²) < 4.78 is 0. The minimum atomic E-state index is 0.0340. The van der Waals surface area contributed by atoms with Gasteiger partial charge in [-0.1, -0.05) is 0 Å². The van der Waals surface area contributed by atoms with Crippen molar-refractivity contribution in [2.75, 3.05) is 23.5 Å². The number of hydrogen-bond donors (Lipinski definition) is 1. The summed E-state index contributed by atoms with van der Waals surface area (Å²) >= 11 is 5.91. The molecule has 0 bridgehead atoms. The molecule has 0 saturated carbocycles. The highest BCUT2D eigenvalue weighted by molar-refractivity contribution is 7.99. The van der Waals surface area contributed by atoms with Gasteiger partial charge in [0.2, 0.25) is 5.91 Å². The van der Waals surface area contributed by atoms with Crippen LogP contribution in [-0.4, -0.2) is 24.5 Å². The molecule has 4 heteroatoms. The molecule has 16 heavy (non-hydrogen) atoms. The van der Waals surface area contributed by atoms with E-state index in [9.17, 15) is 4.79 Å². The number of aryl methyl sites for hydroxylation is 1. The first-order valence-electron chi connectivity index (χ1n) is 5.35. The van der Waals surface area contributed by atoms with Crippen LogP contribution in [0.4, 0.5) is 5.69 Å². The Balaban J connectivity index is 2.26. The van der Waals surface area contributed by atoms with Crippen LogP contribution in [0.3, 0.4) is 0 Å². The van der Waals surface area contributed by atoms with Gasteiger partial charge in [-0.05, 0) is 42.4 Å². The van der Waals surface area contributed by atoms with Crippen molar-refractivity contribution in [2.45, 2.75) is 17.7 Å². The highest BCUT2D eigenvalue weighted by Gasteiger charge is 2.13. The molecule has 1 heterocycles. The number of carbonyl (C=O) groups excluding carboxylic acids is 1. The Bertz CT molecular complexity index is 406. The molecule has 2 nitrogen and oxygen atoms in total. The zero-order chi connectivity index (χ0) is 11.5. The van der Waals surface area contributed by atoms with Crippen molar-refractivity contribution >= 4 is 36.0 Å². The number of fused-ring (bicyclic) bond motifs is 1. The second-order valence-electron chi connectivity index (χ2n) is 3.85. The summed E-state index contributed by atoms with van der Waals surface area (Å²) in [5, 5.41) is 0. The first kappa shape index (κ1) is 11.9. The Morgan fingerprint density at radius 1 is 1.56 bits per heavy atom. The first-order chi connectivity index (χ1) is 7.72. The smallest absolute Gasteiger partial charge is 0.236 e. The summed E-state index contributed by atoms with van der Waals surface area (Å²) in [4.78, 5) is 14.6. The zero-order valence-corrected chi connectivity index (χ0v) is 11.0. The molecule has 0 fully saturated rings. The van der Waals surface area contributed by atoms with E-state index in [1.165, 1.54) is 22.6 Å². The first-order valence-corrected chi connectivity index (χ1v) is 6.97. The number of hydrogen-bond acceptors (Lipinski definition) is 3. The highest BCUT2D eigenvalue weighted by atomic mass is 32.2. The van der Waals surface area contributed by atoms with Gasteiger partial charge < -0.3 is 4.90 Å². The minimum absolute atomic E-state index is 0.0340. The third-order valence-electron chi connectivity index (χ3n) is 2.79. The molecule has 0 aromatic heterocycles. The Kier molecular flexibility index (Phi) is 3.82. The van der Waals surface area contributed by atoms with Gasteiger partial charge in [-0.2, -0.15) is 12.6 Å². The van der Waals surface area contributed by atoms with Crippen LogP contribution in [0.5, 0.6) is 0 Å². The molecule has 0 atom stereocenters. The molecule has 2 rings (SSSR count). The van der Waals surface area contributed by atoms with E-state index < -0.39 is 0 Å². The lowest BCUT2D eigenvalue weighted by atomic mass is 10.1. The van der Waals surface area contributed by atoms with E-state index in [0.29, 0.717) is 0 Å². The van der Waals surface area contributed by atoms with Crippen molar-refractivity contribution in [3.05, 3.63) is 23.8 Å². The van der Waals surface area contributed by atoms with Crippen LogP contribution >= 0.6 is 24.4 Å². The fourth-order valence-corrected chi connectivity index (χ4v) is 3.04. The number of anilines is 1. The van der Waals surface area contributed by atoms with Gasteiger partial charge in [0.25, 0.3) is 0 Å². The second kappa shape index (κ2) is 5.15. The number of amides is 1. The molecule has 0 saturated heterocycles. The SMILES string of the molecule is CN(C(=O)CS)c1ccc2c(c1)CCCS2. The molecule has 1 aromatic rings. The fraction of sp³-hybridized carbons (Fsp3) is 0.417. The summed E-state index contributed by atoms with van der Waals surface area (Å²) in [6, 6.07) is 6.26. The van der Waals surface area contributed by atoms with Crippen molar-refractivity contribution in [3.63, 3.8) is 0 Å². The molecule has 0 unspecified atom stereocenters. The Morgan fingerprint density at radius 2 is 2.38 bits per heavy atom. The van der Waals surface area contributed by atoms with Crippen LogP contribution in [0.2, 0.25) is 0 Å². The van der Waals surface area contributed by atoms with Crippen LogP contribution in [0.1, 0.15) is 12.0 Å². The van der Waals surface area contributed by atoms with E-state index in [4.69, 9.17) is 0 Å². The number of carbonyl (C=O) groups is 1. The van der Waals surface area contributed by atoms with Crippen LogP contribution in [0, 0.1) is 0 Å². The predicted molar refractivity (Wildman–Crippen MR) is 72.8 cm³/mol. The van der Waals surface area contributed by atoms with E-state index in [1.54, 1.807) is 11.9 Å². The standard InChI is InChI=1S/C12H15NOS2/c1-13(12(14)8-15)10-4-5-11-9(7-10)3-2-6-16-11/h4-5,7,15H,2-3,6,8H2,1H3. The highest BCUT2D eigenvalue weighted by Crippen LogP contribution is 2.32. The normalized spacial score (nSPS) is 14.4. The Hall–Kier alpha value is -0.610. The number of thiol groups is 1. The maximum absolute atomic E-state index is 11.5. The maximum atomic E-state index is 11.5. The van der Waals surface area contributed by atoms with Gasteiger partial charge in [-0.15, -0.1) is 11.8 Å². The average molecular weight is 253 g/mol. The third-order valence-corrected chi connectivity index (χ3v) is 4.26. The van der Waals surface area contributed by atoms with E-state index >= 15 is 0 Å². The molecule has 1 amide bonds. The molecule has 0 spiro atoms. The monoisotopic (exact) mass is 253 g/mol. The van der Waals surface area contributed by atoms with Crippen molar-refractivity contribution in [3.8, 4) is 0 Å². The van der Waals surface area contributed by atoms with Crippen LogP contribution in [0.15, 0.2) is 23.1 Å². The number of thioether (sulfide) groups is 1. The quantitative estimate of drug-likeness (QED) is 0.818. The van der Waals surface area contributed by atoms with Gasteiger partial charge in [-0.25, -0.2) is 0 Å². The minimum Gasteiger partial charge on any atom is -0.315 e. The Morgan fingerprint density at radius 3 is 3.12 bits per heavy atom. The molecular weight excluding hydrogens is 238 g/mol. The topological polar surface area (TPSA) is 20.3 Å².